The van der Waals surface area contributed by atoms with Gasteiger partial charge in [0.1, 0.15) is 0 Å². The number of aromatic nitrogens is 1. The fourth-order valence-electron chi connectivity index (χ4n) is 4.06. The summed E-state index contributed by atoms with van der Waals surface area (Å²) < 4.78 is 10.5. The fourth-order valence-corrected chi connectivity index (χ4v) is 4.06. The smallest absolute Gasteiger partial charge is 0.222 e. The Balaban J connectivity index is 1.66. The molecule has 7 nitrogen and oxygen atoms in total. The molecule has 2 aliphatic rings. The van der Waals surface area contributed by atoms with Gasteiger partial charge in [-0.15, -0.1) is 0 Å². The van der Waals surface area contributed by atoms with E-state index in [1.807, 2.05) is 17.9 Å². The normalized spacial score (nSPS) is 26.4. The molecule has 2 fully saturated rings. The van der Waals surface area contributed by atoms with Crippen molar-refractivity contribution >= 4 is 5.91 Å². The zero-order chi connectivity index (χ0) is 17.9. The summed E-state index contributed by atoms with van der Waals surface area (Å²) in [6, 6.07) is 2.01. The SMILES string of the molecule is COCCN1CCC2(CCC1=O)CN(Cc1cc(C)no1)CCN2C. The molecule has 1 spiro atoms. The third-order valence-electron chi connectivity index (χ3n) is 5.70. The van der Waals surface area contributed by atoms with E-state index in [1.165, 1.54) is 0 Å². The van der Waals surface area contributed by atoms with E-state index in [4.69, 9.17) is 9.26 Å². The molecule has 0 saturated carbocycles. The summed E-state index contributed by atoms with van der Waals surface area (Å²) in [5, 5.41) is 3.99. The van der Waals surface area contributed by atoms with E-state index >= 15 is 0 Å². The second-order valence-corrected chi connectivity index (χ2v) is 7.41. The van der Waals surface area contributed by atoms with Crippen molar-refractivity contribution < 1.29 is 14.1 Å². The molecule has 0 N–H and O–H groups in total. The van der Waals surface area contributed by atoms with Gasteiger partial charge in [0, 0.05) is 57.9 Å². The van der Waals surface area contributed by atoms with Crippen LogP contribution in [0.4, 0.5) is 0 Å². The number of piperazine rings is 1. The molecule has 3 rings (SSSR count). The molecule has 0 aromatic carbocycles. The molecular weight excluding hydrogens is 320 g/mol. The van der Waals surface area contributed by atoms with Crippen molar-refractivity contribution in [2.75, 3.05) is 53.5 Å². The van der Waals surface area contributed by atoms with Crippen LogP contribution in [0.2, 0.25) is 0 Å². The lowest BCUT2D eigenvalue weighted by Crippen LogP contribution is -2.60. The molecule has 1 amide bonds. The van der Waals surface area contributed by atoms with Crippen molar-refractivity contribution in [3.8, 4) is 0 Å². The summed E-state index contributed by atoms with van der Waals surface area (Å²) in [6.45, 7) is 7.83. The molecule has 1 aromatic rings. The number of aryl methyl sites for hydroxylation is 1. The number of hydrogen-bond acceptors (Lipinski definition) is 6. The highest BCUT2D eigenvalue weighted by atomic mass is 16.5. The lowest BCUT2D eigenvalue weighted by atomic mass is 9.86. The summed E-state index contributed by atoms with van der Waals surface area (Å²) in [7, 11) is 3.88. The van der Waals surface area contributed by atoms with Crippen LogP contribution in [0, 0.1) is 6.92 Å². The van der Waals surface area contributed by atoms with E-state index in [9.17, 15) is 4.79 Å². The van der Waals surface area contributed by atoms with E-state index in [0.717, 1.165) is 57.0 Å². The Bertz CT molecular complexity index is 591. The maximum atomic E-state index is 12.4. The van der Waals surface area contributed by atoms with Gasteiger partial charge in [-0.1, -0.05) is 5.16 Å². The number of amides is 1. The van der Waals surface area contributed by atoms with Gasteiger partial charge >= 0.3 is 0 Å². The van der Waals surface area contributed by atoms with E-state index < -0.39 is 0 Å². The van der Waals surface area contributed by atoms with Gasteiger partial charge in [-0.2, -0.15) is 0 Å². The van der Waals surface area contributed by atoms with Crippen molar-refractivity contribution in [1.29, 1.82) is 0 Å². The standard InChI is InChI=1S/C18H30N4O3/c1-15-12-16(25-19-15)13-21-9-8-20(2)18(14-21)5-4-17(23)22(7-6-18)10-11-24-3/h12H,4-11,13-14H2,1-3H3. The molecule has 0 radical (unpaired) electrons. The fraction of sp³-hybridized carbons (Fsp3) is 0.778. The minimum Gasteiger partial charge on any atom is -0.383 e. The third-order valence-corrected chi connectivity index (χ3v) is 5.70. The van der Waals surface area contributed by atoms with Crippen molar-refractivity contribution in [3.05, 3.63) is 17.5 Å². The van der Waals surface area contributed by atoms with E-state index in [0.29, 0.717) is 19.6 Å². The molecule has 1 unspecified atom stereocenters. The predicted octanol–water partition coefficient (Wildman–Crippen LogP) is 1.13. The Kier molecular flexibility index (Phi) is 5.76. The Labute approximate surface area is 149 Å². The highest BCUT2D eigenvalue weighted by molar-refractivity contribution is 5.76. The Morgan fingerprint density at radius 3 is 2.88 bits per heavy atom. The number of ether oxygens (including phenoxy) is 1. The van der Waals surface area contributed by atoms with E-state index in [1.54, 1.807) is 7.11 Å². The van der Waals surface area contributed by atoms with Crippen molar-refractivity contribution in [2.45, 2.75) is 38.3 Å². The first-order valence-electron chi connectivity index (χ1n) is 9.15. The van der Waals surface area contributed by atoms with Gasteiger partial charge in [-0.25, -0.2) is 0 Å². The van der Waals surface area contributed by atoms with Gasteiger partial charge in [0.05, 0.1) is 18.8 Å². The maximum Gasteiger partial charge on any atom is 0.222 e. The topological polar surface area (TPSA) is 62.1 Å². The summed E-state index contributed by atoms with van der Waals surface area (Å²) in [4.78, 5) is 19.3. The van der Waals surface area contributed by atoms with Crippen LogP contribution >= 0.6 is 0 Å². The Morgan fingerprint density at radius 1 is 1.32 bits per heavy atom. The quantitative estimate of drug-likeness (QED) is 0.793. The van der Waals surface area contributed by atoms with Crippen LogP contribution in [0.1, 0.15) is 30.7 Å². The van der Waals surface area contributed by atoms with Gasteiger partial charge in [-0.05, 0) is 26.8 Å². The van der Waals surface area contributed by atoms with Crippen molar-refractivity contribution in [1.82, 2.24) is 19.9 Å². The van der Waals surface area contributed by atoms with Gasteiger partial charge < -0.3 is 14.2 Å². The van der Waals surface area contributed by atoms with E-state index in [-0.39, 0.29) is 11.4 Å². The first-order chi connectivity index (χ1) is 12.0. The number of carbonyl (C=O) groups excluding carboxylic acids is 1. The molecule has 3 heterocycles. The number of carbonyl (C=O) groups is 1. The predicted molar refractivity (Wildman–Crippen MR) is 94.2 cm³/mol. The molecule has 140 valence electrons. The zero-order valence-corrected chi connectivity index (χ0v) is 15.7. The zero-order valence-electron chi connectivity index (χ0n) is 15.7. The van der Waals surface area contributed by atoms with Gasteiger partial charge in [-0.3, -0.25) is 14.6 Å². The summed E-state index contributed by atoms with van der Waals surface area (Å²) in [6.07, 6.45) is 2.53. The second kappa shape index (κ2) is 7.85. The number of nitrogens with zero attached hydrogens (tertiary/aromatic N) is 4. The number of likely N-dealkylation sites (tertiary alicyclic amines) is 1. The molecule has 2 aliphatic heterocycles. The van der Waals surface area contributed by atoms with Crippen LogP contribution in [0.15, 0.2) is 10.6 Å². The lowest BCUT2D eigenvalue weighted by molar-refractivity contribution is -0.131. The van der Waals surface area contributed by atoms with Crippen molar-refractivity contribution in [2.24, 2.45) is 0 Å². The molecule has 2 saturated heterocycles. The highest BCUT2D eigenvalue weighted by Gasteiger charge is 2.42. The second-order valence-electron chi connectivity index (χ2n) is 7.41. The molecule has 7 heteroatoms. The molecule has 25 heavy (non-hydrogen) atoms. The van der Waals surface area contributed by atoms with Gasteiger partial charge in [0.2, 0.25) is 5.91 Å². The summed E-state index contributed by atoms with van der Waals surface area (Å²) >= 11 is 0. The third kappa shape index (κ3) is 4.22. The van der Waals surface area contributed by atoms with Gasteiger partial charge in [0.25, 0.3) is 0 Å². The molecule has 1 atom stereocenters. The monoisotopic (exact) mass is 350 g/mol. The highest BCUT2D eigenvalue weighted by Crippen LogP contribution is 2.32. The van der Waals surface area contributed by atoms with Crippen LogP contribution in [0.5, 0.6) is 0 Å². The summed E-state index contributed by atoms with van der Waals surface area (Å²) in [5.41, 5.74) is 0.984. The van der Waals surface area contributed by atoms with Crippen LogP contribution in [0.25, 0.3) is 0 Å². The van der Waals surface area contributed by atoms with Gasteiger partial charge in [0.15, 0.2) is 5.76 Å². The minimum atomic E-state index is 0.0603. The Hall–Kier alpha value is -1.44. The average molecular weight is 350 g/mol. The van der Waals surface area contributed by atoms with Crippen LogP contribution < -0.4 is 0 Å². The minimum absolute atomic E-state index is 0.0603. The number of rotatable bonds is 5. The van der Waals surface area contributed by atoms with E-state index in [2.05, 4.69) is 22.0 Å². The number of hydrogen-bond donors (Lipinski definition) is 0. The van der Waals surface area contributed by atoms with Crippen LogP contribution in [-0.4, -0.2) is 84.8 Å². The molecular formula is C18H30N4O3. The largest absolute Gasteiger partial charge is 0.383 e. The lowest BCUT2D eigenvalue weighted by Gasteiger charge is -2.49. The first-order valence-corrected chi connectivity index (χ1v) is 9.15. The molecule has 0 aliphatic carbocycles. The average Bonchev–Trinajstić information content (AvgIpc) is 2.93. The molecule has 1 aromatic heterocycles. The molecule has 0 bridgehead atoms. The van der Waals surface area contributed by atoms with Crippen LogP contribution in [-0.2, 0) is 16.1 Å². The number of methoxy groups -OCH3 is 1. The van der Waals surface area contributed by atoms with Crippen LogP contribution in [0.3, 0.4) is 0 Å². The van der Waals surface area contributed by atoms with Crippen molar-refractivity contribution in [3.63, 3.8) is 0 Å². The first kappa shape index (κ1) is 18.4. The number of likely N-dealkylation sites (N-methyl/N-ethyl adjacent to an activating group) is 1. The Morgan fingerprint density at radius 2 is 2.16 bits per heavy atom. The maximum absolute atomic E-state index is 12.4. The summed E-state index contributed by atoms with van der Waals surface area (Å²) in [5.74, 6) is 1.17.